The number of morpholine rings is 1. The zero-order valence-corrected chi connectivity index (χ0v) is 10.9. The minimum absolute atomic E-state index is 0.138. The number of ether oxygens (including phenoxy) is 1. The fraction of sp³-hybridized carbons (Fsp3) is 0.538. The van der Waals surface area contributed by atoms with E-state index in [1.165, 1.54) is 10.5 Å². The van der Waals surface area contributed by atoms with Crippen molar-refractivity contribution in [3.8, 4) is 0 Å². The van der Waals surface area contributed by atoms with E-state index in [0.29, 0.717) is 6.61 Å². The van der Waals surface area contributed by atoms with Crippen LogP contribution in [0.1, 0.15) is 5.56 Å². The Kier molecular flexibility index (Phi) is 4.86. The summed E-state index contributed by atoms with van der Waals surface area (Å²) in [7, 11) is 0. The summed E-state index contributed by atoms with van der Waals surface area (Å²) < 4.78 is 5.39. The van der Waals surface area contributed by atoms with E-state index in [-0.39, 0.29) is 12.6 Å². The molecule has 0 bridgehead atoms. The first-order valence-corrected chi connectivity index (χ1v) is 7.12. The number of aliphatic hydroxyl groups excluding tert-OH is 1. The zero-order valence-electron chi connectivity index (χ0n) is 10.1. The second kappa shape index (κ2) is 6.40. The van der Waals surface area contributed by atoms with E-state index in [1.54, 1.807) is 11.8 Å². The molecule has 0 unspecified atom stereocenters. The van der Waals surface area contributed by atoms with Crippen molar-refractivity contribution >= 4 is 11.8 Å². The van der Waals surface area contributed by atoms with Gasteiger partial charge in [0.2, 0.25) is 0 Å². The van der Waals surface area contributed by atoms with Crippen molar-refractivity contribution < 1.29 is 9.84 Å². The van der Waals surface area contributed by atoms with E-state index < -0.39 is 0 Å². The molecule has 1 fully saturated rings. The summed E-state index contributed by atoms with van der Waals surface area (Å²) in [6.07, 6.45) is 2.10. The molecule has 1 aromatic rings. The van der Waals surface area contributed by atoms with Crippen LogP contribution in [0, 0.1) is 0 Å². The van der Waals surface area contributed by atoms with Crippen molar-refractivity contribution in [3.63, 3.8) is 0 Å². The van der Waals surface area contributed by atoms with E-state index in [4.69, 9.17) is 4.74 Å². The van der Waals surface area contributed by atoms with Gasteiger partial charge in [-0.15, -0.1) is 11.8 Å². The third kappa shape index (κ3) is 3.22. The highest BCUT2D eigenvalue weighted by Crippen LogP contribution is 2.22. The maximum absolute atomic E-state index is 9.34. The molecule has 3 nitrogen and oxygen atoms in total. The maximum Gasteiger partial charge on any atom is 0.0644 e. The quantitative estimate of drug-likeness (QED) is 0.826. The van der Waals surface area contributed by atoms with Crippen LogP contribution in [0.15, 0.2) is 29.2 Å². The Morgan fingerprint density at radius 1 is 1.47 bits per heavy atom. The van der Waals surface area contributed by atoms with Gasteiger partial charge in [0.1, 0.15) is 0 Å². The van der Waals surface area contributed by atoms with E-state index in [0.717, 1.165) is 19.7 Å². The van der Waals surface area contributed by atoms with Crippen LogP contribution < -0.4 is 0 Å². The molecule has 2 rings (SSSR count). The number of aliphatic hydroxyl groups is 1. The molecule has 1 aliphatic heterocycles. The van der Waals surface area contributed by atoms with Gasteiger partial charge in [-0.3, -0.25) is 4.90 Å². The third-order valence-corrected chi connectivity index (χ3v) is 3.96. The molecule has 0 aliphatic carbocycles. The molecule has 0 saturated carbocycles. The van der Waals surface area contributed by atoms with Crippen LogP contribution in [0.4, 0.5) is 0 Å². The van der Waals surface area contributed by atoms with Gasteiger partial charge in [0.05, 0.1) is 25.9 Å². The largest absolute Gasteiger partial charge is 0.395 e. The molecule has 0 amide bonds. The smallest absolute Gasteiger partial charge is 0.0644 e. The summed E-state index contributed by atoms with van der Waals surface area (Å²) >= 11 is 1.77. The summed E-state index contributed by atoms with van der Waals surface area (Å²) in [4.78, 5) is 3.62. The summed E-state index contributed by atoms with van der Waals surface area (Å²) in [5.41, 5.74) is 1.33. The Bertz CT molecular complexity index is 359. The Hall–Kier alpha value is -0.550. The molecule has 1 aromatic carbocycles. The highest BCUT2D eigenvalue weighted by molar-refractivity contribution is 7.98. The van der Waals surface area contributed by atoms with Crippen LogP contribution >= 0.6 is 11.8 Å². The molecule has 0 aromatic heterocycles. The van der Waals surface area contributed by atoms with E-state index in [2.05, 4.69) is 35.4 Å². The average molecular weight is 253 g/mol. The molecule has 1 saturated heterocycles. The van der Waals surface area contributed by atoms with Crippen LogP contribution in [-0.2, 0) is 11.3 Å². The predicted octanol–water partition coefficient (Wildman–Crippen LogP) is 1.60. The average Bonchev–Trinajstić information content (AvgIpc) is 2.40. The SMILES string of the molecule is CSc1ccccc1CN1CCOC[C@@H]1CO. The van der Waals surface area contributed by atoms with Crippen LogP contribution in [0.25, 0.3) is 0 Å². The summed E-state index contributed by atoms with van der Waals surface area (Å²) in [5.74, 6) is 0. The molecule has 1 aliphatic rings. The fourth-order valence-electron chi connectivity index (χ4n) is 2.12. The van der Waals surface area contributed by atoms with Crippen molar-refractivity contribution in [3.05, 3.63) is 29.8 Å². The lowest BCUT2D eigenvalue weighted by molar-refractivity contribution is -0.0315. The normalized spacial score (nSPS) is 21.6. The van der Waals surface area contributed by atoms with Crippen molar-refractivity contribution in [2.75, 3.05) is 32.6 Å². The van der Waals surface area contributed by atoms with Gasteiger partial charge >= 0.3 is 0 Å². The zero-order chi connectivity index (χ0) is 12.1. The van der Waals surface area contributed by atoms with Gasteiger partial charge in [0.15, 0.2) is 0 Å². The van der Waals surface area contributed by atoms with Crippen molar-refractivity contribution in [1.82, 2.24) is 4.90 Å². The molecule has 17 heavy (non-hydrogen) atoms. The first kappa shape index (κ1) is 12.9. The van der Waals surface area contributed by atoms with Crippen LogP contribution in [-0.4, -0.2) is 48.7 Å². The van der Waals surface area contributed by atoms with E-state index in [9.17, 15) is 5.11 Å². The monoisotopic (exact) mass is 253 g/mol. The fourth-order valence-corrected chi connectivity index (χ4v) is 2.73. The second-order valence-electron chi connectivity index (χ2n) is 4.19. The Morgan fingerprint density at radius 3 is 3.06 bits per heavy atom. The van der Waals surface area contributed by atoms with Gasteiger partial charge in [-0.05, 0) is 17.9 Å². The van der Waals surface area contributed by atoms with Gasteiger partial charge < -0.3 is 9.84 Å². The molecular weight excluding hydrogens is 234 g/mol. The first-order chi connectivity index (χ1) is 8.35. The molecule has 1 N–H and O–H groups in total. The standard InChI is InChI=1S/C13H19NO2S/c1-17-13-5-3-2-4-11(13)8-14-6-7-16-10-12(14)9-15/h2-5,12,15H,6-10H2,1H3/t12-/m0/s1. The minimum atomic E-state index is 0.138. The Balaban J connectivity index is 2.08. The molecule has 94 valence electrons. The molecule has 0 radical (unpaired) electrons. The topological polar surface area (TPSA) is 32.7 Å². The van der Waals surface area contributed by atoms with Crippen LogP contribution in [0.2, 0.25) is 0 Å². The van der Waals surface area contributed by atoms with Crippen molar-refractivity contribution in [2.45, 2.75) is 17.5 Å². The van der Waals surface area contributed by atoms with Crippen LogP contribution in [0.5, 0.6) is 0 Å². The number of nitrogens with zero attached hydrogens (tertiary/aromatic N) is 1. The van der Waals surface area contributed by atoms with Gasteiger partial charge in [-0.1, -0.05) is 18.2 Å². The highest BCUT2D eigenvalue weighted by Gasteiger charge is 2.22. The molecule has 0 spiro atoms. The lowest BCUT2D eigenvalue weighted by Crippen LogP contribution is -2.46. The van der Waals surface area contributed by atoms with Gasteiger partial charge in [0, 0.05) is 18.0 Å². The van der Waals surface area contributed by atoms with E-state index in [1.807, 2.05) is 0 Å². The third-order valence-electron chi connectivity index (χ3n) is 3.13. The number of hydrogen-bond donors (Lipinski definition) is 1. The lowest BCUT2D eigenvalue weighted by atomic mass is 10.1. The maximum atomic E-state index is 9.34. The lowest BCUT2D eigenvalue weighted by Gasteiger charge is -2.34. The molecule has 4 heteroatoms. The van der Waals surface area contributed by atoms with Gasteiger partial charge in [-0.25, -0.2) is 0 Å². The molecule has 1 atom stereocenters. The summed E-state index contributed by atoms with van der Waals surface area (Å²) in [5, 5.41) is 9.34. The predicted molar refractivity (Wildman–Crippen MR) is 70.3 cm³/mol. The number of rotatable bonds is 4. The first-order valence-electron chi connectivity index (χ1n) is 5.89. The minimum Gasteiger partial charge on any atom is -0.395 e. The number of thioether (sulfide) groups is 1. The highest BCUT2D eigenvalue weighted by atomic mass is 32.2. The van der Waals surface area contributed by atoms with Crippen LogP contribution in [0.3, 0.4) is 0 Å². The Labute approximate surface area is 107 Å². The summed E-state index contributed by atoms with van der Waals surface area (Å²) in [6.45, 7) is 3.36. The second-order valence-corrected chi connectivity index (χ2v) is 5.04. The van der Waals surface area contributed by atoms with Gasteiger partial charge in [0.25, 0.3) is 0 Å². The number of benzene rings is 1. The van der Waals surface area contributed by atoms with Gasteiger partial charge in [-0.2, -0.15) is 0 Å². The van der Waals surface area contributed by atoms with Crippen molar-refractivity contribution in [1.29, 1.82) is 0 Å². The van der Waals surface area contributed by atoms with E-state index >= 15 is 0 Å². The Morgan fingerprint density at radius 2 is 2.29 bits per heavy atom. The molecular formula is C13H19NO2S. The summed E-state index contributed by atoms with van der Waals surface area (Å²) in [6, 6.07) is 8.59. The van der Waals surface area contributed by atoms with Crippen molar-refractivity contribution in [2.24, 2.45) is 0 Å². The molecule has 1 heterocycles. The number of hydrogen-bond acceptors (Lipinski definition) is 4.